The van der Waals surface area contributed by atoms with Crippen molar-refractivity contribution in [1.29, 1.82) is 0 Å². The molecule has 0 spiro atoms. The maximum absolute atomic E-state index is 12.1. The van der Waals surface area contributed by atoms with Gasteiger partial charge in [-0.3, -0.25) is 0 Å². The van der Waals surface area contributed by atoms with Gasteiger partial charge in [-0.15, -0.1) is 24.5 Å². The Labute approximate surface area is 119 Å². The first-order valence-electron chi connectivity index (χ1n) is 6.13. The van der Waals surface area contributed by atoms with Gasteiger partial charge in [-0.1, -0.05) is 13.0 Å². The van der Waals surface area contributed by atoms with E-state index < -0.39 is 6.36 Å². The fourth-order valence-electron chi connectivity index (χ4n) is 1.70. The van der Waals surface area contributed by atoms with Crippen molar-refractivity contribution in [2.45, 2.75) is 26.3 Å². The third kappa shape index (κ3) is 4.45. The molecule has 0 aliphatic carbocycles. The lowest BCUT2D eigenvalue weighted by atomic mass is 10.3. The van der Waals surface area contributed by atoms with E-state index in [0.717, 1.165) is 11.3 Å². The molecule has 0 amide bonds. The zero-order valence-electron chi connectivity index (χ0n) is 10.8. The van der Waals surface area contributed by atoms with Crippen molar-refractivity contribution in [2.24, 2.45) is 0 Å². The Kier molecular flexibility index (Phi) is 4.54. The van der Waals surface area contributed by atoms with Gasteiger partial charge in [0.2, 0.25) is 0 Å². The van der Waals surface area contributed by atoms with Crippen LogP contribution in [0.4, 0.5) is 18.9 Å². The summed E-state index contributed by atoms with van der Waals surface area (Å²) in [6.45, 7) is 2.67. The van der Waals surface area contributed by atoms with Crippen molar-refractivity contribution < 1.29 is 17.9 Å². The number of rotatable bonds is 5. The van der Waals surface area contributed by atoms with E-state index in [1.807, 2.05) is 6.07 Å². The molecule has 0 bridgehead atoms. The molecular formula is C14H14F3NOS. The fourth-order valence-corrected chi connectivity index (χ4v) is 2.60. The van der Waals surface area contributed by atoms with E-state index in [4.69, 9.17) is 0 Å². The molecule has 0 saturated heterocycles. The van der Waals surface area contributed by atoms with Gasteiger partial charge in [-0.05, 0) is 30.7 Å². The third-order valence-electron chi connectivity index (χ3n) is 2.60. The summed E-state index contributed by atoms with van der Waals surface area (Å²) in [4.78, 5) is 2.43. The van der Waals surface area contributed by atoms with Crippen LogP contribution in [-0.2, 0) is 13.0 Å². The largest absolute Gasteiger partial charge is 0.573 e. The number of benzene rings is 1. The lowest BCUT2D eigenvalue weighted by Crippen LogP contribution is -2.17. The number of thiophene rings is 1. The highest BCUT2D eigenvalue weighted by Crippen LogP contribution is 2.25. The number of hydrogen-bond donors (Lipinski definition) is 1. The van der Waals surface area contributed by atoms with Crippen molar-refractivity contribution in [3.05, 3.63) is 46.2 Å². The van der Waals surface area contributed by atoms with Crippen LogP contribution in [-0.4, -0.2) is 6.36 Å². The normalized spacial score (nSPS) is 11.4. The summed E-state index contributed by atoms with van der Waals surface area (Å²) in [6, 6.07) is 9.92. The number of nitrogens with one attached hydrogen (secondary N) is 1. The predicted octanol–water partition coefficient (Wildman–Crippen LogP) is 4.82. The summed E-state index contributed by atoms with van der Waals surface area (Å²) in [5, 5.41) is 3.09. The van der Waals surface area contributed by atoms with E-state index in [0.29, 0.717) is 12.2 Å². The standard InChI is InChI=1S/C14H14F3NOS/c1-2-12-6-7-13(20-12)9-18-10-4-3-5-11(8-10)19-14(15,16)17/h3-8,18H,2,9H2,1H3. The van der Waals surface area contributed by atoms with Gasteiger partial charge in [0.1, 0.15) is 5.75 Å². The quantitative estimate of drug-likeness (QED) is 0.854. The van der Waals surface area contributed by atoms with Crippen LogP contribution in [0.1, 0.15) is 16.7 Å². The van der Waals surface area contributed by atoms with Crippen molar-refractivity contribution in [3.63, 3.8) is 0 Å². The molecule has 1 aromatic heterocycles. The number of aryl methyl sites for hydroxylation is 1. The Bertz CT molecular complexity index is 566. The minimum atomic E-state index is -4.66. The number of halogens is 3. The first-order valence-corrected chi connectivity index (χ1v) is 6.95. The molecule has 0 fully saturated rings. The van der Waals surface area contributed by atoms with Crippen LogP contribution in [0.5, 0.6) is 5.75 Å². The molecule has 2 aromatic rings. The summed E-state index contributed by atoms with van der Waals surface area (Å²) in [5.74, 6) is -0.220. The second-order valence-corrected chi connectivity index (χ2v) is 5.40. The molecule has 0 radical (unpaired) electrons. The van der Waals surface area contributed by atoms with Crippen LogP contribution < -0.4 is 10.1 Å². The number of anilines is 1. The highest BCUT2D eigenvalue weighted by Gasteiger charge is 2.31. The van der Waals surface area contributed by atoms with Crippen LogP contribution in [0, 0.1) is 0 Å². The average Bonchev–Trinajstić information content (AvgIpc) is 2.83. The Morgan fingerprint density at radius 3 is 2.55 bits per heavy atom. The topological polar surface area (TPSA) is 21.3 Å². The van der Waals surface area contributed by atoms with Crippen LogP contribution in [0.2, 0.25) is 0 Å². The van der Waals surface area contributed by atoms with Crippen molar-refractivity contribution in [2.75, 3.05) is 5.32 Å². The zero-order chi connectivity index (χ0) is 14.6. The van der Waals surface area contributed by atoms with Crippen LogP contribution >= 0.6 is 11.3 Å². The molecule has 6 heteroatoms. The van der Waals surface area contributed by atoms with Crippen molar-refractivity contribution in [3.8, 4) is 5.75 Å². The van der Waals surface area contributed by atoms with Gasteiger partial charge < -0.3 is 10.1 Å². The molecule has 0 atom stereocenters. The maximum Gasteiger partial charge on any atom is 0.573 e. The van der Waals surface area contributed by atoms with E-state index >= 15 is 0 Å². The van der Waals surface area contributed by atoms with E-state index in [2.05, 4.69) is 23.0 Å². The summed E-state index contributed by atoms with van der Waals surface area (Å²) < 4.78 is 40.3. The number of ether oxygens (including phenoxy) is 1. The van der Waals surface area contributed by atoms with Crippen LogP contribution in [0.15, 0.2) is 36.4 Å². The lowest BCUT2D eigenvalue weighted by molar-refractivity contribution is -0.274. The smallest absolute Gasteiger partial charge is 0.406 e. The summed E-state index contributed by atoms with van der Waals surface area (Å²) >= 11 is 1.69. The second-order valence-electron chi connectivity index (χ2n) is 4.15. The summed E-state index contributed by atoms with van der Waals surface area (Å²) in [5.41, 5.74) is 0.596. The van der Waals surface area contributed by atoms with Gasteiger partial charge >= 0.3 is 6.36 Å². The van der Waals surface area contributed by atoms with Gasteiger partial charge in [0, 0.05) is 28.1 Å². The van der Waals surface area contributed by atoms with E-state index in [1.54, 1.807) is 17.4 Å². The molecule has 1 N–H and O–H groups in total. The van der Waals surface area contributed by atoms with Crippen molar-refractivity contribution >= 4 is 17.0 Å². The molecule has 0 unspecified atom stereocenters. The summed E-state index contributed by atoms with van der Waals surface area (Å²) in [7, 11) is 0. The van der Waals surface area contributed by atoms with Gasteiger partial charge in [0.05, 0.1) is 0 Å². The van der Waals surface area contributed by atoms with Gasteiger partial charge in [-0.2, -0.15) is 0 Å². The summed E-state index contributed by atoms with van der Waals surface area (Å²) in [6.07, 6.45) is -3.68. The molecule has 2 nitrogen and oxygen atoms in total. The highest BCUT2D eigenvalue weighted by atomic mass is 32.1. The zero-order valence-corrected chi connectivity index (χ0v) is 11.6. The first kappa shape index (κ1) is 14.7. The Morgan fingerprint density at radius 2 is 1.90 bits per heavy atom. The second kappa shape index (κ2) is 6.17. The molecule has 20 heavy (non-hydrogen) atoms. The van der Waals surface area contributed by atoms with E-state index in [1.165, 1.54) is 23.1 Å². The van der Waals surface area contributed by atoms with Crippen LogP contribution in [0.3, 0.4) is 0 Å². The molecule has 1 heterocycles. The first-order chi connectivity index (χ1) is 9.46. The molecule has 0 aliphatic heterocycles. The molecule has 2 rings (SSSR count). The van der Waals surface area contributed by atoms with E-state index in [9.17, 15) is 13.2 Å². The van der Waals surface area contributed by atoms with E-state index in [-0.39, 0.29) is 5.75 Å². The minimum absolute atomic E-state index is 0.220. The molecule has 0 saturated carbocycles. The van der Waals surface area contributed by atoms with Gasteiger partial charge in [0.25, 0.3) is 0 Å². The molecular weight excluding hydrogens is 287 g/mol. The van der Waals surface area contributed by atoms with Gasteiger partial charge in [-0.25, -0.2) is 0 Å². The highest BCUT2D eigenvalue weighted by molar-refractivity contribution is 7.12. The molecule has 108 valence electrons. The third-order valence-corrected chi connectivity index (χ3v) is 3.83. The Morgan fingerprint density at radius 1 is 1.15 bits per heavy atom. The molecule has 0 aliphatic rings. The minimum Gasteiger partial charge on any atom is -0.406 e. The Hall–Kier alpha value is -1.69. The SMILES string of the molecule is CCc1ccc(CNc2cccc(OC(F)(F)F)c2)s1. The monoisotopic (exact) mass is 301 g/mol. The number of alkyl halides is 3. The molecule has 1 aromatic carbocycles. The predicted molar refractivity (Wildman–Crippen MR) is 74.1 cm³/mol. The number of hydrogen-bond acceptors (Lipinski definition) is 3. The average molecular weight is 301 g/mol. The van der Waals surface area contributed by atoms with Crippen molar-refractivity contribution in [1.82, 2.24) is 0 Å². The maximum atomic E-state index is 12.1. The fraction of sp³-hybridized carbons (Fsp3) is 0.286. The van der Waals surface area contributed by atoms with Gasteiger partial charge in [0.15, 0.2) is 0 Å². The lowest BCUT2D eigenvalue weighted by Gasteiger charge is -2.10. The Balaban J connectivity index is 1.97. The van der Waals surface area contributed by atoms with Crippen LogP contribution in [0.25, 0.3) is 0 Å².